The van der Waals surface area contributed by atoms with Gasteiger partial charge in [-0.05, 0) is 32.6 Å². The van der Waals surface area contributed by atoms with Crippen LogP contribution in [-0.2, 0) is 16.1 Å². The minimum Gasteiger partial charge on any atom is -0.338 e. The molecule has 24 heavy (non-hydrogen) atoms. The van der Waals surface area contributed by atoms with Gasteiger partial charge in [0.2, 0.25) is 5.91 Å². The van der Waals surface area contributed by atoms with E-state index in [4.69, 9.17) is 0 Å². The Morgan fingerprint density at radius 1 is 1.38 bits per heavy atom. The molecule has 8 heteroatoms. The Labute approximate surface area is 140 Å². The number of nitrogens with one attached hydrogen (secondary N) is 1. The van der Waals surface area contributed by atoms with Gasteiger partial charge in [-0.2, -0.15) is 0 Å². The van der Waals surface area contributed by atoms with Gasteiger partial charge in [-0.25, -0.2) is 9.78 Å². The van der Waals surface area contributed by atoms with Crippen LogP contribution in [0.2, 0.25) is 0 Å². The molecule has 0 spiro atoms. The number of imidazole rings is 1. The number of carbonyl (C=O) groups is 3. The molecule has 3 rings (SSSR count). The maximum Gasteiger partial charge on any atom is 0.325 e. The van der Waals surface area contributed by atoms with E-state index >= 15 is 0 Å². The highest BCUT2D eigenvalue weighted by Gasteiger charge is 2.34. The van der Waals surface area contributed by atoms with Gasteiger partial charge >= 0.3 is 6.03 Å². The van der Waals surface area contributed by atoms with Gasteiger partial charge < -0.3 is 14.8 Å². The third-order valence-corrected chi connectivity index (χ3v) is 4.80. The lowest BCUT2D eigenvalue weighted by Gasteiger charge is -2.36. The van der Waals surface area contributed by atoms with Gasteiger partial charge in [0.1, 0.15) is 12.4 Å². The Balaban J connectivity index is 1.61. The Morgan fingerprint density at radius 3 is 2.88 bits per heavy atom. The highest BCUT2D eigenvalue weighted by atomic mass is 16.2. The van der Waals surface area contributed by atoms with Crippen molar-refractivity contribution in [1.82, 2.24) is 24.7 Å². The molecule has 0 unspecified atom stereocenters. The minimum atomic E-state index is -0.476. The molecular weight excluding hydrogens is 310 g/mol. The van der Waals surface area contributed by atoms with Crippen molar-refractivity contribution in [2.24, 2.45) is 0 Å². The summed E-state index contributed by atoms with van der Waals surface area (Å²) in [6.07, 6.45) is 7.59. The van der Waals surface area contributed by atoms with Gasteiger partial charge in [0.15, 0.2) is 0 Å². The second kappa shape index (κ2) is 7.02. The van der Waals surface area contributed by atoms with Crippen LogP contribution in [0.4, 0.5) is 4.79 Å². The van der Waals surface area contributed by atoms with E-state index in [1.165, 1.54) is 0 Å². The van der Waals surface area contributed by atoms with E-state index < -0.39 is 6.03 Å². The number of nitrogens with zero attached hydrogens (tertiary/aromatic N) is 4. The zero-order valence-electron chi connectivity index (χ0n) is 13.9. The smallest absolute Gasteiger partial charge is 0.325 e. The maximum atomic E-state index is 12.6. The molecule has 8 nitrogen and oxygen atoms in total. The number of aryl methyl sites for hydroxylation is 2. The van der Waals surface area contributed by atoms with Crippen molar-refractivity contribution >= 4 is 17.8 Å². The van der Waals surface area contributed by atoms with Crippen LogP contribution in [0.5, 0.6) is 0 Å². The number of rotatable bonds is 5. The zero-order valence-corrected chi connectivity index (χ0v) is 13.9. The molecule has 0 aliphatic carbocycles. The third-order valence-electron chi connectivity index (χ3n) is 4.80. The first-order valence-electron chi connectivity index (χ1n) is 8.41. The molecule has 0 radical (unpaired) electrons. The largest absolute Gasteiger partial charge is 0.338 e. The number of urea groups is 1. The lowest BCUT2D eigenvalue weighted by atomic mass is 9.99. The number of hydrogen-bond donors (Lipinski definition) is 1. The lowest BCUT2D eigenvalue weighted by Crippen LogP contribution is -2.49. The predicted octanol–water partition coefficient (Wildman–Crippen LogP) is 0.515. The Kier molecular flexibility index (Phi) is 4.82. The van der Waals surface area contributed by atoms with Gasteiger partial charge in [0.25, 0.3) is 5.91 Å². The van der Waals surface area contributed by atoms with Crippen LogP contribution in [0.25, 0.3) is 0 Å². The van der Waals surface area contributed by atoms with E-state index in [9.17, 15) is 14.4 Å². The van der Waals surface area contributed by atoms with E-state index in [1.54, 1.807) is 6.20 Å². The second-order valence-electron chi connectivity index (χ2n) is 6.33. The predicted molar refractivity (Wildman–Crippen MR) is 86.0 cm³/mol. The fourth-order valence-electron chi connectivity index (χ4n) is 3.40. The van der Waals surface area contributed by atoms with E-state index in [0.717, 1.165) is 43.0 Å². The van der Waals surface area contributed by atoms with Crippen molar-refractivity contribution in [3.05, 3.63) is 18.2 Å². The van der Waals surface area contributed by atoms with Crippen molar-refractivity contribution in [3.63, 3.8) is 0 Å². The van der Waals surface area contributed by atoms with Crippen LogP contribution >= 0.6 is 0 Å². The summed E-state index contributed by atoms with van der Waals surface area (Å²) < 4.78 is 2.08. The number of amides is 4. The van der Waals surface area contributed by atoms with E-state index in [1.807, 2.05) is 18.0 Å². The van der Waals surface area contributed by atoms with Crippen molar-refractivity contribution in [2.45, 2.75) is 45.2 Å². The molecule has 0 aromatic carbocycles. The summed E-state index contributed by atoms with van der Waals surface area (Å²) in [6, 6.07) is -0.329. The number of piperidine rings is 1. The summed E-state index contributed by atoms with van der Waals surface area (Å²) in [5.74, 6) is 0.478. The van der Waals surface area contributed by atoms with Gasteiger partial charge in [-0.1, -0.05) is 0 Å². The number of aromatic nitrogens is 2. The molecule has 1 aromatic rings. The molecule has 0 bridgehead atoms. The topological polar surface area (TPSA) is 87.5 Å². The molecule has 2 fully saturated rings. The molecule has 1 aromatic heterocycles. The molecule has 2 aliphatic rings. The van der Waals surface area contributed by atoms with Crippen LogP contribution in [0.1, 0.15) is 31.5 Å². The zero-order chi connectivity index (χ0) is 17.1. The summed E-state index contributed by atoms with van der Waals surface area (Å²) in [7, 11) is 0. The van der Waals surface area contributed by atoms with E-state index in [0.29, 0.717) is 6.54 Å². The minimum absolute atomic E-state index is 0.0184. The van der Waals surface area contributed by atoms with Gasteiger partial charge in [-0.3, -0.25) is 14.5 Å². The first-order valence-corrected chi connectivity index (χ1v) is 8.41. The van der Waals surface area contributed by atoms with Crippen LogP contribution in [0.15, 0.2) is 12.4 Å². The normalized spacial score (nSPS) is 21.3. The SMILES string of the molecule is Cc1nccn1CC[C@H]1CCCCN1C(=O)CN1C(=O)CNC1=O. The number of hydrogen-bond acceptors (Lipinski definition) is 4. The summed E-state index contributed by atoms with van der Waals surface area (Å²) in [4.78, 5) is 43.0. The van der Waals surface area contributed by atoms with Crippen molar-refractivity contribution < 1.29 is 14.4 Å². The fraction of sp³-hybridized carbons (Fsp3) is 0.625. The summed E-state index contributed by atoms with van der Waals surface area (Å²) >= 11 is 0. The average molecular weight is 333 g/mol. The Bertz CT molecular complexity index is 625. The molecule has 1 N–H and O–H groups in total. The molecule has 2 saturated heterocycles. The lowest BCUT2D eigenvalue weighted by molar-refractivity contribution is -0.139. The van der Waals surface area contributed by atoms with Crippen LogP contribution in [0, 0.1) is 6.92 Å². The molecule has 2 aliphatic heterocycles. The standard InChI is InChI=1S/C16H23N5O3/c1-12-17-6-9-19(12)8-5-13-4-2-3-7-20(13)15(23)11-21-14(22)10-18-16(21)24/h6,9,13H,2-5,7-8,10-11H2,1H3,(H,18,24)/t13-/m1/s1. The third kappa shape index (κ3) is 3.42. The van der Waals surface area contributed by atoms with Crippen LogP contribution in [0.3, 0.4) is 0 Å². The first-order chi connectivity index (χ1) is 11.6. The summed E-state index contributed by atoms with van der Waals surface area (Å²) in [5.41, 5.74) is 0. The van der Waals surface area contributed by atoms with Crippen molar-refractivity contribution in [3.8, 4) is 0 Å². The fourth-order valence-corrected chi connectivity index (χ4v) is 3.40. The second-order valence-corrected chi connectivity index (χ2v) is 6.33. The molecular formula is C16H23N5O3. The average Bonchev–Trinajstić information content (AvgIpc) is 3.13. The molecule has 1 atom stereocenters. The molecule has 3 heterocycles. The van der Waals surface area contributed by atoms with Crippen molar-refractivity contribution in [1.29, 1.82) is 0 Å². The Hall–Kier alpha value is -2.38. The van der Waals surface area contributed by atoms with Crippen LogP contribution < -0.4 is 5.32 Å². The highest BCUT2D eigenvalue weighted by molar-refractivity contribution is 6.04. The van der Waals surface area contributed by atoms with Crippen LogP contribution in [-0.4, -0.2) is 62.9 Å². The van der Waals surface area contributed by atoms with Crippen molar-refractivity contribution in [2.75, 3.05) is 19.6 Å². The van der Waals surface area contributed by atoms with Gasteiger partial charge in [0.05, 0.1) is 6.54 Å². The quantitative estimate of drug-likeness (QED) is 0.796. The van der Waals surface area contributed by atoms with Gasteiger partial charge in [0, 0.05) is 31.5 Å². The van der Waals surface area contributed by atoms with E-state index in [-0.39, 0.29) is 30.9 Å². The first kappa shape index (κ1) is 16.5. The number of imide groups is 1. The molecule has 130 valence electrons. The summed E-state index contributed by atoms with van der Waals surface area (Å²) in [6.45, 7) is 3.28. The van der Waals surface area contributed by atoms with E-state index in [2.05, 4.69) is 14.9 Å². The number of carbonyl (C=O) groups excluding carboxylic acids is 3. The number of likely N-dealkylation sites (tertiary alicyclic amines) is 1. The molecule has 4 amide bonds. The summed E-state index contributed by atoms with van der Waals surface area (Å²) in [5, 5.41) is 2.45. The Morgan fingerprint density at radius 2 is 2.21 bits per heavy atom. The van der Waals surface area contributed by atoms with Gasteiger partial charge in [-0.15, -0.1) is 0 Å². The monoisotopic (exact) mass is 333 g/mol. The maximum absolute atomic E-state index is 12.6. The highest BCUT2D eigenvalue weighted by Crippen LogP contribution is 2.21. The molecule has 0 saturated carbocycles.